The van der Waals surface area contributed by atoms with Gasteiger partial charge in [0.05, 0.1) is 30.2 Å². The SMILES string of the molecule is CSc1nc2c(F)c(-c3csc4ccccc34)c(CCC#N)cc2c2c1cc(CN1CCCC1=O)n2[C@H]1[C@@H]2C[C@H]1N(C(=O)OC(C)(C)C)C2. The molecular formula is C38H38FN5O3S2. The van der Waals surface area contributed by atoms with Crippen molar-refractivity contribution in [2.45, 2.75) is 82.1 Å². The van der Waals surface area contributed by atoms with Crippen molar-refractivity contribution in [2.24, 2.45) is 5.92 Å². The summed E-state index contributed by atoms with van der Waals surface area (Å²) in [5, 5.41) is 14.9. The van der Waals surface area contributed by atoms with Gasteiger partial charge in [-0.05, 0) is 75.4 Å². The molecule has 0 unspecified atom stereocenters. The second-order valence-corrected chi connectivity index (χ2v) is 16.1. The first kappa shape index (κ1) is 32.1. The van der Waals surface area contributed by atoms with Crippen LogP contribution in [0.1, 0.15) is 63.8 Å². The van der Waals surface area contributed by atoms with E-state index in [0.29, 0.717) is 48.9 Å². The van der Waals surface area contributed by atoms with Crippen molar-refractivity contribution in [3.63, 3.8) is 0 Å². The monoisotopic (exact) mass is 695 g/mol. The van der Waals surface area contributed by atoms with Crippen LogP contribution in [-0.4, -0.2) is 62.3 Å². The number of hydrogen-bond acceptors (Lipinski definition) is 7. The predicted molar refractivity (Wildman–Crippen MR) is 192 cm³/mol. The molecule has 1 saturated carbocycles. The van der Waals surface area contributed by atoms with Gasteiger partial charge in [0.25, 0.3) is 0 Å². The van der Waals surface area contributed by atoms with Crippen LogP contribution in [0, 0.1) is 23.1 Å². The summed E-state index contributed by atoms with van der Waals surface area (Å²) in [6.45, 7) is 7.35. The van der Waals surface area contributed by atoms with Crippen LogP contribution >= 0.6 is 23.1 Å². The standard InChI is InChI=1S/C38H38FN5O3S2/c1-38(2,3)47-37(46)43-18-22-16-28(43)34(22)44-23(19-42-14-8-12-30(42)45)17-26-35(44)25-15-21(9-7-13-40)31(32(39)33(25)41-36(26)48-4)27-20-49-29-11-6-5-10-24(27)29/h5-6,10-11,15,17,20,22,28,34H,7-9,12,14,16,18-19H2,1-4H3/t22-,28-,34+/m1/s1. The Hall–Kier alpha value is -4.14. The lowest BCUT2D eigenvalue weighted by molar-refractivity contribution is -0.128. The zero-order chi connectivity index (χ0) is 34.2. The Labute approximate surface area is 292 Å². The van der Waals surface area contributed by atoms with Crippen LogP contribution in [0.25, 0.3) is 43.0 Å². The Morgan fingerprint density at radius 1 is 1.20 bits per heavy atom. The number of benzene rings is 2. The molecular weight excluding hydrogens is 658 g/mol. The number of fused-ring (bicyclic) bond motifs is 5. The van der Waals surface area contributed by atoms with Gasteiger partial charge in [0.2, 0.25) is 5.91 Å². The van der Waals surface area contributed by atoms with Gasteiger partial charge in [-0.25, -0.2) is 14.2 Å². The number of pyridine rings is 1. The van der Waals surface area contributed by atoms with Gasteiger partial charge in [0.15, 0.2) is 5.82 Å². The Balaban J connectivity index is 1.37. The second kappa shape index (κ2) is 12.0. The molecule has 8 nitrogen and oxygen atoms in total. The average molecular weight is 696 g/mol. The molecule has 1 aliphatic carbocycles. The van der Waals surface area contributed by atoms with E-state index in [1.165, 1.54) is 11.8 Å². The van der Waals surface area contributed by atoms with Gasteiger partial charge in [-0.3, -0.25) is 4.79 Å². The molecule has 4 aliphatic rings. The van der Waals surface area contributed by atoms with Crippen molar-refractivity contribution in [1.82, 2.24) is 19.4 Å². The van der Waals surface area contributed by atoms with Gasteiger partial charge in [0.1, 0.15) is 16.1 Å². The van der Waals surface area contributed by atoms with Crippen LogP contribution < -0.4 is 0 Å². The van der Waals surface area contributed by atoms with Gasteiger partial charge in [-0.15, -0.1) is 23.1 Å². The lowest BCUT2D eigenvalue weighted by atomic mass is 9.79. The highest BCUT2D eigenvalue weighted by Gasteiger charge is 2.56. The number of amides is 2. The summed E-state index contributed by atoms with van der Waals surface area (Å²) in [6, 6.07) is 14.3. The maximum Gasteiger partial charge on any atom is 0.410 e. The molecule has 6 heterocycles. The van der Waals surface area contributed by atoms with E-state index in [1.807, 2.05) is 72.5 Å². The lowest BCUT2D eigenvalue weighted by Gasteiger charge is -2.39. The fourth-order valence-corrected chi connectivity index (χ4v) is 9.71. The van der Waals surface area contributed by atoms with Crippen molar-refractivity contribution in [3.8, 4) is 17.2 Å². The number of ether oxygens (including phenoxy) is 1. The highest BCUT2D eigenvalue weighted by atomic mass is 32.2. The lowest BCUT2D eigenvalue weighted by Crippen LogP contribution is -2.44. The zero-order valence-electron chi connectivity index (χ0n) is 28.1. The number of thioether (sulfide) groups is 1. The van der Waals surface area contributed by atoms with Crippen LogP contribution in [-0.2, 0) is 22.5 Å². The summed E-state index contributed by atoms with van der Waals surface area (Å²) in [4.78, 5) is 35.0. The molecule has 252 valence electrons. The molecule has 3 aliphatic heterocycles. The van der Waals surface area contributed by atoms with Gasteiger partial charge in [-0.1, -0.05) is 18.2 Å². The third-order valence-corrected chi connectivity index (χ3v) is 12.0. The number of nitrogens with zero attached hydrogens (tertiary/aromatic N) is 5. The molecule has 4 fully saturated rings. The smallest absolute Gasteiger partial charge is 0.410 e. The minimum absolute atomic E-state index is 0.0517. The number of thiophene rings is 1. The summed E-state index contributed by atoms with van der Waals surface area (Å²) in [6.07, 6.45) is 4.51. The Morgan fingerprint density at radius 2 is 2.02 bits per heavy atom. The summed E-state index contributed by atoms with van der Waals surface area (Å²) >= 11 is 3.06. The van der Waals surface area contributed by atoms with Crippen LogP contribution in [0.15, 0.2) is 46.8 Å². The van der Waals surface area contributed by atoms with Gasteiger partial charge >= 0.3 is 6.09 Å². The number of carbonyl (C=O) groups is 2. The van der Waals surface area contributed by atoms with Crippen molar-refractivity contribution in [2.75, 3.05) is 19.3 Å². The van der Waals surface area contributed by atoms with Crippen LogP contribution in [0.2, 0.25) is 0 Å². The van der Waals surface area contributed by atoms with Gasteiger partial charge < -0.3 is 19.1 Å². The first-order chi connectivity index (χ1) is 23.6. The first-order valence-electron chi connectivity index (χ1n) is 16.9. The van der Waals surface area contributed by atoms with Crippen LogP contribution in [0.3, 0.4) is 0 Å². The molecule has 9 rings (SSSR count). The maximum atomic E-state index is 17.3. The number of nitriles is 1. The molecule has 2 bridgehead atoms. The molecule has 3 aromatic heterocycles. The van der Waals surface area contributed by atoms with E-state index in [4.69, 9.17) is 9.72 Å². The molecule has 5 aromatic rings. The summed E-state index contributed by atoms with van der Waals surface area (Å²) in [5.41, 5.74) is 3.61. The van der Waals surface area contributed by atoms with Crippen LogP contribution in [0.5, 0.6) is 0 Å². The van der Waals surface area contributed by atoms with E-state index >= 15 is 4.39 Å². The molecule has 2 aromatic carbocycles. The third kappa shape index (κ3) is 5.26. The quantitative estimate of drug-likeness (QED) is 0.158. The third-order valence-electron chi connectivity index (χ3n) is 10.3. The fourth-order valence-electron chi connectivity index (χ4n) is 8.20. The number of likely N-dealkylation sites (tertiary alicyclic amines) is 1. The van der Waals surface area contributed by atoms with E-state index in [0.717, 1.165) is 55.7 Å². The number of aryl methyl sites for hydroxylation is 1. The van der Waals surface area contributed by atoms with E-state index < -0.39 is 5.60 Å². The van der Waals surface area contributed by atoms with Crippen molar-refractivity contribution in [3.05, 3.63) is 58.9 Å². The first-order valence-corrected chi connectivity index (χ1v) is 19.0. The Morgan fingerprint density at radius 3 is 2.76 bits per heavy atom. The topological polar surface area (TPSA) is 91.5 Å². The molecule has 11 heteroatoms. The summed E-state index contributed by atoms with van der Waals surface area (Å²) in [5.74, 6) is -0.0575. The summed E-state index contributed by atoms with van der Waals surface area (Å²) in [7, 11) is 0. The van der Waals surface area contributed by atoms with Crippen molar-refractivity contribution >= 4 is 67.0 Å². The minimum Gasteiger partial charge on any atom is -0.444 e. The Kier molecular flexibility index (Phi) is 7.87. The average Bonchev–Trinajstić information content (AvgIpc) is 3.89. The van der Waals surface area contributed by atoms with Gasteiger partial charge in [0, 0.05) is 69.5 Å². The molecule has 2 amide bonds. The second-order valence-electron chi connectivity index (χ2n) is 14.4. The number of rotatable bonds is 7. The molecule has 3 saturated heterocycles. The van der Waals surface area contributed by atoms with E-state index in [9.17, 15) is 14.9 Å². The largest absolute Gasteiger partial charge is 0.444 e. The molecule has 0 N–H and O–H groups in total. The number of hydrogen-bond donors (Lipinski definition) is 0. The molecule has 0 radical (unpaired) electrons. The molecule has 0 spiro atoms. The van der Waals surface area contributed by atoms with Crippen LogP contribution in [0.4, 0.5) is 9.18 Å². The van der Waals surface area contributed by atoms with Crippen molar-refractivity contribution in [1.29, 1.82) is 5.26 Å². The zero-order valence-corrected chi connectivity index (χ0v) is 29.7. The number of aromatic nitrogens is 2. The molecule has 49 heavy (non-hydrogen) atoms. The normalized spacial score (nSPS) is 20.5. The minimum atomic E-state index is -0.612. The van der Waals surface area contributed by atoms with Crippen molar-refractivity contribution < 1.29 is 18.7 Å². The van der Waals surface area contributed by atoms with Gasteiger partial charge in [-0.2, -0.15) is 5.26 Å². The van der Waals surface area contributed by atoms with E-state index in [2.05, 4.69) is 16.7 Å². The fraction of sp³-hybridized carbons (Fsp3) is 0.421. The highest BCUT2D eigenvalue weighted by molar-refractivity contribution is 7.98. The van der Waals surface area contributed by atoms with E-state index in [-0.39, 0.29) is 42.2 Å². The molecule has 3 atom stereocenters. The number of halogens is 1. The summed E-state index contributed by atoms with van der Waals surface area (Å²) < 4.78 is 26.5. The maximum absolute atomic E-state index is 17.3. The predicted octanol–water partition coefficient (Wildman–Crippen LogP) is 8.69. The number of carbonyl (C=O) groups excluding carboxylic acids is 2. The Bertz CT molecular complexity index is 2210. The van der Waals surface area contributed by atoms with E-state index in [1.54, 1.807) is 11.3 Å². The highest BCUT2D eigenvalue weighted by Crippen LogP contribution is 2.53.